The summed E-state index contributed by atoms with van der Waals surface area (Å²) >= 11 is 0. The van der Waals surface area contributed by atoms with Gasteiger partial charge < -0.3 is 5.11 Å². The van der Waals surface area contributed by atoms with Gasteiger partial charge in [-0.1, -0.05) is 30.3 Å². The van der Waals surface area contributed by atoms with Crippen LogP contribution < -0.4 is 0 Å². The summed E-state index contributed by atoms with van der Waals surface area (Å²) in [6, 6.07) is 14.0. The van der Waals surface area contributed by atoms with Crippen molar-refractivity contribution in [3.8, 4) is 11.1 Å². The molecule has 0 heterocycles. The molecule has 0 atom stereocenters. The van der Waals surface area contributed by atoms with Crippen LogP contribution in [0.2, 0.25) is 0 Å². The van der Waals surface area contributed by atoms with Crippen LogP contribution in [0.3, 0.4) is 0 Å². The van der Waals surface area contributed by atoms with E-state index in [1.807, 2.05) is 30.3 Å². The molecule has 4 heteroatoms. The van der Waals surface area contributed by atoms with Gasteiger partial charge in [-0.2, -0.15) is 0 Å². The van der Waals surface area contributed by atoms with Gasteiger partial charge in [-0.25, -0.2) is 0 Å². The van der Waals surface area contributed by atoms with Crippen molar-refractivity contribution in [3.05, 3.63) is 64.2 Å². The maximum absolute atomic E-state index is 10.8. The number of benzene rings is 2. The summed E-state index contributed by atoms with van der Waals surface area (Å²) in [4.78, 5) is 10.3. The Labute approximate surface area is 98.3 Å². The fourth-order valence-corrected chi connectivity index (χ4v) is 1.67. The number of hydrogen-bond donors (Lipinski definition) is 1. The molecule has 0 amide bonds. The first-order chi connectivity index (χ1) is 8.20. The minimum atomic E-state index is -0.453. The van der Waals surface area contributed by atoms with E-state index in [0.29, 0.717) is 5.56 Å². The van der Waals surface area contributed by atoms with Crippen molar-refractivity contribution < 1.29 is 10.0 Å². The zero-order valence-corrected chi connectivity index (χ0v) is 9.04. The van der Waals surface area contributed by atoms with Crippen molar-refractivity contribution in [2.24, 2.45) is 0 Å². The van der Waals surface area contributed by atoms with E-state index in [-0.39, 0.29) is 12.3 Å². The van der Waals surface area contributed by atoms with Gasteiger partial charge in [0.05, 0.1) is 11.5 Å². The molecule has 0 bridgehead atoms. The van der Waals surface area contributed by atoms with Gasteiger partial charge in [-0.05, 0) is 22.8 Å². The fraction of sp³-hybridized carbons (Fsp3) is 0.0769. The smallest absolute Gasteiger partial charge is 0.270 e. The van der Waals surface area contributed by atoms with Crippen molar-refractivity contribution in [1.29, 1.82) is 0 Å². The minimum absolute atomic E-state index is 0.00426. The Bertz CT molecular complexity index is 538. The van der Waals surface area contributed by atoms with E-state index >= 15 is 0 Å². The van der Waals surface area contributed by atoms with E-state index in [2.05, 4.69) is 0 Å². The third kappa shape index (κ3) is 2.49. The third-order valence-corrected chi connectivity index (χ3v) is 2.48. The molecule has 0 aliphatic rings. The molecule has 0 fully saturated rings. The lowest BCUT2D eigenvalue weighted by atomic mass is 10.0. The van der Waals surface area contributed by atoms with Gasteiger partial charge in [0, 0.05) is 12.1 Å². The molecule has 0 saturated carbocycles. The minimum Gasteiger partial charge on any atom is -0.392 e. The van der Waals surface area contributed by atoms with Gasteiger partial charge in [0.15, 0.2) is 0 Å². The predicted octanol–water partition coefficient (Wildman–Crippen LogP) is 2.75. The Hall–Kier alpha value is -2.20. The van der Waals surface area contributed by atoms with Crippen LogP contribution in [0.25, 0.3) is 11.1 Å². The first kappa shape index (κ1) is 11.3. The Kier molecular flexibility index (Phi) is 3.16. The number of aliphatic hydroxyl groups is 1. The summed E-state index contributed by atoms with van der Waals surface area (Å²) in [6.07, 6.45) is 0. The Balaban J connectivity index is 2.54. The molecule has 1 N–H and O–H groups in total. The monoisotopic (exact) mass is 229 g/mol. The summed E-state index contributed by atoms with van der Waals surface area (Å²) in [6.45, 7) is -0.207. The van der Waals surface area contributed by atoms with Crippen molar-refractivity contribution in [3.63, 3.8) is 0 Å². The molecule has 2 aromatic rings. The van der Waals surface area contributed by atoms with Crippen LogP contribution in [0, 0.1) is 10.1 Å². The Morgan fingerprint density at radius 3 is 2.35 bits per heavy atom. The van der Waals surface area contributed by atoms with Gasteiger partial charge >= 0.3 is 0 Å². The number of nitro benzene ring substituents is 1. The Morgan fingerprint density at radius 2 is 1.76 bits per heavy atom. The highest BCUT2D eigenvalue weighted by Gasteiger charge is 2.10. The second kappa shape index (κ2) is 4.76. The molecule has 2 aromatic carbocycles. The summed E-state index contributed by atoms with van der Waals surface area (Å²) in [5, 5.41) is 19.9. The number of nitrogens with zero attached hydrogens (tertiary/aromatic N) is 1. The van der Waals surface area contributed by atoms with E-state index in [4.69, 9.17) is 5.11 Å². The zero-order chi connectivity index (χ0) is 12.3. The van der Waals surface area contributed by atoms with Crippen molar-refractivity contribution in [2.45, 2.75) is 6.61 Å². The quantitative estimate of drug-likeness (QED) is 0.650. The number of nitro groups is 1. The summed E-state index contributed by atoms with van der Waals surface area (Å²) in [5.74, 6) is 0. The second-order valence-electron chi connectivity index (χ2n) is 3.67. The van der Waals surface area contributed by atoms with Crippen LogP contribution in [-0.2, 0) is 6.61 Å². The molecular formula is C13H11NO3. The van der Waals surface area contributed by atoms with Crippen molar-refractivity contribution >= 4 is 5.69 Å². The number of non-ortho nitro benzene ring substituents is 1. The van der Waals surface area contributed by atoms with Crippen LogP contribution in [-0.4, -0.2) is 10.0 Å². The molecule has 2 rings (SSSR count). The van der Waals surface area contributed by atoms with Gasteiger partial charge in [0.25, 0.3) is 5.69 Å². The zero-order valence-electron chi connectivity index (χ0n) is 9.04. The Morgan fingerprint density at radius 1 is 1.06 bits per heavy atom. The van der Waals surface area contributed by atoms with Crippen LogP contribution in [0.4, 0.5) is 5.69 Å². The van der Waals surface area contributed by atoms with Crippen LogP contribution >= 0.6 is 0 Å². The predicted molar refractivity (Wildman–Crippen MR) is 64.5 cm³/mol. The molecule has 0 saturated heterocycles. The second-order valence-corrected chi connectivity index (χ2v) is 3.67. The SMILES string of the molecule is O=[N+]([O-])c1cc(CO)cc(-c2ccccc2)c1. The average molecular weight is 229 g/mol. The first-order valence-electron chi connectivity index (χ1n) is 5.15. The average Bonchev–Trinajstić information content (AvgIpc) is 2.39. The lowest BCUT2D eigenvalue weighted by Crippen LogP contribution is -1.92. The van der Waals surface area contributed by atoms with Gasteiger partial charge in [-0.15, -0.1) is 0 Å². The lowest BCUT2D eigenvalue weighted by molar-refractivity contribution is -0.384. The van der Waals surface area contributed by atoms with Gasteiger partial charge in [0.2, 0.25) is 0 Å². The molecular weight excluding hydrogens is 218 g/mol. The highest BCUT2D eigenvalue weighted by molar-refractivity contribution is 5.67. The highest BCUT2D eigenvalue weighted by Crippen LogP contribution is 2.25. The lowest BCUT2D eigenvalue weighted by Gasteiger charge is -2.04. The fourth-order valence-electron chi connectivity index (χ4n) is 1.67. The number of aliphatic hydroxyl groups excluding tert-OH is 1. The summed E-state index contributed by atoms with van der Waals surface area (Å²) < 4.78 is 0. The van der Waals surface area contributed by atoms with Crippen LogP contribution in [0.15, 0.2) is 48.5 Å². The van der Waals surface area contributed by atoms with E-state index < -0.39 is 4.92 Å². The molecule has 17 heavy (non-hydrogen) atoms. The molecule has 0 unspecified atom stereocenters. The standard InChI is InChI=1S/C13H11NO3/c15-9-10-6-12(8-13(7-10)14(16)17)11-4-2-1-3-5-11/h1-8,15H,9H2. The van der Waals surface area contributed by atoms with Crippen molar-refractivity contribution in [1.82, 2.24) is 0 Å². The molecule has 0 aliphatic heterocycles. The van der Waals surface area contributed by atoms with Gasteiger partial charge in [0.1, 0.15) is 0 Å². The molecule has 0 spiro atoms. The number of rotatable bonds is 3. The molecule has 0 aromatic heterocycles. The molecule has 0 radical (unpaired) electrons. The third-order valence-electron chi connectivity index (χ3n) is 2.48. The summed E-state index contributed by atoms with van der Waals surface area (Å²) in [7, 11) is 0. The first-order valence-corrected chi connectivity index (χ1v) is 5.15. The highest BCUT2D eigenvalue weighted by atomic mass is 16.6. The molecule has 4 nitrogen and oxygen atoms in total. The van der Waals surface area contributed by atoms with E-state index in [0.717, 1.165) is 11.1 Å². The largest absolute Gasteiger partial charge is 0.392 e. The maximum Gasteiger partial charge on any atom is 0.270 e. The van der Waals surface area contributed by atoms with Crippen LogP contribution in [0.5, 0.6) is 0 Å². The maximum atomic E-state index is 10.8. The van der Waals surface area contributed by atoms with Crippen molar-refractivity contribution in [2.75, 3.05) is 0 Å². The van der Waals surface area contributed by atoms with Crippen LogP contribution in [0.1, 0.15) is 5.56 Å². The summed E-state index contributed by atoms with van der Waals surface area (Å²) in [5.41, 5.74) is 2.17. The topological polar surface area (TPSA) is 63.4 Å². The van der Waals surface area contributed by atoms with E-state index in [1.165, 1.54) is 12.1 Å². The molecule has 0 aliphatic carbocycles. The van der Waals surface area contributed by atoms with Gasteiger partial charge in [-0.3, -0.25) is 10.1 Å². The van der Waals surface area contributed by atoms with E-state index in [1.54, 1.807) is 6.07 Å². The normalized spacial score (nSPS) is 10.2. The molecule has 86 valence electrons. The van der Waals surface area contributed by atoms with E-state index in [9.17, 15) is 10.1 Å². The number of hydrogen-bond acceptors (Lipinski definition) is 3.